The molecule has 1 heterocycles. The second-order valence-electron chi connectivity index (χ2n) is 4.75. The molecule has 0 spiro atoms. The lowest BCUT2D eigenvalue weighted by Crippen LogP contribution is -2.46. The molecule has 1 fully saturated rings. The molecule has 2 unspecified atom stereocenters. The molecule has 2 atom stereocenters. The summed E-state index contributed by atoms with van der Waals surface area (Å²) in [5.74, 6) is 0.211. The van der Waals surface area contributed by atoms with E-state index in [2.05, 4.69) is 28.2 Å². The van der Waals surface area contributed by atoms with Crippen LogP contribution in [0.3, 0.4) is 0 Å². The van der Waals surface area contributed by atoms with Gasteiger partial charge in [-0.1, -0.05) is 41.1 Å². The predicted molar refractivity (Wildman–Crippen MR) is 74.1 cm³/mol. The van der Waals surface area contributed by atoms with Crippen LogP contribution in [0.25, 0.3) is 0 Å². The highest BCUT2D eigenvalue weighted by Crippen LogP contribution is 2.19. The van der Waals surface area contributed by atoms with Crippen molar-refractivity contribution in [2.45, 2.75) is 32.4 Å². The summed E-state index contributed by atoms with van der Waals surface area (Å²) >= 11 is 3.45. The van der Waals surface area contributed by atoms with Crippen LogP contribution in [0.1, 0.15) is 25.3 Å². The fourth-order valence-corrected chi connectivity index (χ4v) is 2.62. The number of hydrogen-bond donors (Lipinski definition) is 1. The molecule has 18 heavy (non-hydrogen) atoms. The summed E-state index contributed by atoms with van der Waals surface area (Å²) in [6.07, 6.45) is 2.22. The molecule has 1 aromatic carbocycles. The third-order valence-electron chi connectivity index (χ3n) is 3.35. The normalized spacial score (nSPS) is 23.7. The molecule has 4 heteroatoms. The highest BCUT2D eigenvalue weighted by Gasteiger charge is 2.28. The number of rotatable bonds is 3. The van der Waals surface area contributed by atoms with Crippen LogP contribution in [-0.2, 0) is 16.1 Å². The Balaban J connectivity index is 1.90. The number of halogens is 1. The lowest BCUT2D eigenvalue weighted by atomic mass is 9.93. The summed E-state index contributed by atoms with van der Waals surface area (Å²) in [5, 5.41) is 3.23. The van der Waals surface area contributed by atoms with E-state index in [-0.39, 0.29) is 12.0 Å². The van der Waals surface area contributed by atoms with Gasteiger partial charge in [0.1, 0.15) is 12.6 Å². The minimum atomic E-state index is -0.152. The molecule has 1 aromatic rings. The van der Waals surface area contributed by atoms with Gasteiger partial charge in [0, 0.05) is 10.0 Å². The topological polar surface area (TPSA) is 38.3 Å². The Hall–Kier alpha value is -0.870. The first-order valence-electron chi connectivity index (χ1n) is 6.32. The fourth-order valence-electron chi connectivity index (χ4n) is 2.22. The van der Waals surface area contributed by atoms with Gasteiger partial charge in [0.15, 0.2) is 0 Å². The lowest BCUT2D eigenvalue weighted by Gasteiger charge is -2.28. The Bertz CT molecular complexity index is 422. The van der Waals surface area contributed by atoms with Gasteiger partial charge in [-0.15, -0.1) is 0 Å². The smallest absolute Gasteiger partial charge is 0.323 e. The molecule has 0 aliphatic carbocycles. The standard InChI is InChI=1S/C14H18BrNO2/c1-10-5-4-8-16-13(10)14(17)18-9-11-6-2-3-7-12(11)15/h2-3,6-7,10,13,16H,4-5,8-9H2,1H3. The van der Waals surface area contributed by atoms with Gasteiger partial charge in [0.05, 0.1) is 0 Å². The molecule has 1 saturated heterocycles. The largest absolute Gasteiger partial charge is 0.460 e. The van der Waals surface area contributed by atoms with Crippen LogP contribution in [0.4, 0.5) is 0 Å². The first-order valence-corrected chi connectivity index (χ1v) is 7.11. The summed E-state index contributed by atoms with van der Waals surface area (Å²) in [6, 6.07) is 7.64. The predicted octanol–water partition coefficient (Wildman–Crippen LogP) is 2.88. The van der Waals surface area contributed by atoms with Crippen molar-refractivity contribution in [1.29, 1.82) is 0 Å². The minimum absolute atomic E-state index is 0.141. The monoisotopic (exact) mass is 311 g/mol. The maximum atomic E-state index is 12.0. The molecule has 0 radical (unpaired) electrons. The van der Waals surface area contributed by atoms with Crippen molar-refractivity contribution in [1.82, 2.24) is 5.32 Å². The molecule has 1 N–H and O–H groups in total. The maximum absolute atomic E-state index is 12.0. The van der Waals surface area contributed by atoms with Gasteiger partial charge >= 0.3 is 5.97 Å². The number of nitrogens with one attached hydrogen (secondary N) is 1. The minimum Gasteiger partial charge on any atom is -0.460 e. The van der Waals surface area contributed by atoms with Crippen molar-refractivity contribution in [3.05, 3.63) is 34.3 Å². The zero-order valence-electron chi connectivity index (χ0n) is 10.5. The van der Waals surface area contributed by atoms with Crippen LogP contribution in [0.15, 0.2) is 28.7 Å². The number of ether oxygens (including phenoxy) is 1. The molecule has 0 aromatic heterocycles. The highest BCUT2D eigenvalue weighted by molar-refractivity contribution is 9.10. The van der Waals surface area contributed by atoms with E-state index in [9.17, 15) is 4.79 Å². The molecular weight excluding hydrogens is 294 g/mol. The molecule has 0 amide bonds. The second-order valence-corrected chi connectivity index (χ2v) is 5.60. The summed E-state index contributed by atoms with van der Waals surface area (Å²) in [5.41, 5.74) is 0.995. The Labute approximate surface area is 116 Å². The van der Waals surface area contributed by atoms with Crippen molar-refractivity contribution >= 4 is 21.9 Å². The van der Waals surface area contributed by atoms with Crippen LogP contribution in [0.2, 0.25) is 0 Å². The Morgan fingerprint density at radius 1 is 1.50 bits per heavy atom. The van der Waals surface area contributed by atoms with Gasteiger partial charge in [-0.2, -0.15) is 0 Å². The van der Waals surface area contributed by atoms with Gasteiger partial charge in [-0.05, 0) is 31.4 Å². The Morgan fingerprint density at radius 3 is 3.00 bits per heavy atom. The SMILES string of the molecule is CC1CCCNC1C(=O)OCc1ccccc1Br. The number of carbonyl (C=O) groups excluding carboxylic acids is 1. The highest BCUT2D eigenvalue weighted by atomic mass is 79.9. The molecule has 98 valence electrons. The molecule has 2 rings (SSSR count). The zero-order valence-corrected chi connectivity index (χ0v) is 12.1. The maximum Gasteiger partial charge on any atom is 0.323 e. The van der Waals surface area contributed by atoms with Crippen molar-refractivity contribution in [3.63, 3.8) is 0 Å². The first kappa shape index (κ1) is 13.6. The van der Waals surface area contributed by atoms with Gasteiger partial charge in [0.25, 0.3) is 0 Å². The number of benzene rings is 1. The van der Waals surface area contributed by atoms with Crippen LogP contribution in [-0.4, -0.2) is 18.6 Å². The lowest BCUT2D eigenvalue weighted by molar-refractivity contribution is -0.149. The van der Waals surface area contributed by atoms with E-state index in [4.69, 9.17) is 4.74 Å². The zero-order chi connectivity index (χ0) is 13.0. The summed E-state index contributed by atoms with van der Waals surface area (Å²) in [6.45, 7) is 3.32. The molecule has 1 aliphatic rings. The molecule has 0 saturated carbocycles. The van der Waals surface area contributed by atoms with E-state index >= 15 is 0 Å². The van der Waals surface area contributed by atoms with Crippen molar-refractivity contribution in [3.8, 4) is 0 Å². The first-order chi connectivity index (χ1) is 8.68. The van der Waals surface area contributed by atoms with Gasteiger partial charge in [-0.25, -0.2) is 0 Å². The third-order valence-corrected chi connectivity index (χ3v) is 4.12. The average Bonchev–Trinajstić information content (AvgIpc) is 2.38. The van der Waals surface area contributed by atoms with E-state index in [1.165, 1.54) is 0 Å². The van der Waals surface area contributed by atoms with E-state index in [0.717, 1.165) is 29.4 Å². The third kappa shape index (κ3) is 3.33. The number of piperidine rings is 1. The number of esters is 1. The Kier molecular flexibility index (Phi) is 4.78. The molecule has 1 aliphatic heterocycles. The molecule has 0 bridgehead atoms. The second kappa shape index (κ2) is 6.34. The van der Waals surface area contributed by atoms with Crippen LogP contribution < -0.4 is 5.32 Å². The van der Waals surface area contributed by atoms with E-state index in [0.29, 0.717) is 12.5 Å². The molecule has 3 nitrogen and oxygen atoms in total. The van der Waals surface area contributed by atoms with Crippen LogP contribution in [0, 0.1) is 5.92 Å². The van der Waals surface area contributed by atoms with Gasteiger partial charge in [0.2, 0.25) is 0 Å². The van der Waals surface area contributed by atoms with E-state index in [1.54, 1.807) is 0 Å². The average molecular weight is 312 g/mol. The van der Waals surface area contributed by atoms with E-state index < -0.39 is 0 Å². The summed E-state index contributed by atoms with van der Waals surface area (Å²) in [7, 11) is 0. The van der Waals surface area contributed by atoms with Crippen molar-refractivity contribution in [2.75, 3.05) is 6.54 Å². The quantitative estimate of drug-likeness (QED) is 0.872. The van der Waals surface area contributed by atoms with Gasteiger partial charge < -0.3 is 10.1 Å². The summed E-state index contributed by atoms with van der Waals surface area (Å²) < 4.78 is 6.36. The van der Waals surface area contributed by atoms with Gasteiger partial charge in [-0.3, -0.25) is 4.79 Å². The summed E-state index contributed by atoms with van der Waals surface area (Å²) in [4.78, 5) is 12.0. The van der Waals surface area contributed by atoms with Crippen LogP contribution >= 0.6 is 15.9 Å². The number of hydrogen-bond acceptors (Lipinski definition) is 3. The fraction of sp³-hybridized carbons (Fsp3) is 0.500. The van der Waals surface area contributed by atoms with E-state index in [1.807, 2.05) is 24.3 Å². The molecular formula is C14H18BrNO2. The van der Waals surface area contributed by atoms with Crippen molar-refractivity contribution < 1.29 is 9.53 Å². The Morgan fingerprint density at radius 2 is 2.28 bits per heavy atom. The van der Waals surface area contributed by atoms with Crippen LogP contribution in [0.5, 0.6) is 0 Å². The van der Waals surface area contributed by atoms with Crippen molar-refractivity contribution in [2.24, 2.45) is 5.92 Å². The number of carbonyl (C=O) groups is 1.